The van der Waals surface area contributed by atoms with Crippen molar-refractivity contribution < 1.29 is 17.1 Å². The van der Waals surface area contributed by atoms with Crippen LogP contribution in [0.5, 0.6) is 0 Å². The Labute approximate surface area is 183 Å². The largest absolute Gasteiger partial charge is 0.408 e. The van der Waals surface area contributed by atoms with Crippen molar-refractivity contribution in [3.63, 3.8) is 0 Å². The van der Waals surface area contributed by atoms with E-state index in [1.54, 1.807) is 14.2 Å². The lowest BCUT2D eigenvalue weighted by Gasteiger charge is -2.41. The summed E-state index contributed by atoms with van der Waals surface area (Å²) in [4.78, 5) is 0. The Hall–Kier alpha value is -1.85. The van der Waals surface area contributed by atoms with Crippen LogP contribution in [-0.2, 0) is 17.1 Å². The zero-order valence-corrected chi connectivity index (χ0v) is 21.3. The van der Waals surface area contributed by atoms with E-state index >= 15 is 0 Å². The number of hydrogen-bond donors (Lipinski definition) is 0. The van der Waals surface area contributed by atoms with Gasteiger partial charge in [0.15, 0.2) is 0 Å². The first-order valence-electron chi connectivity index (χ1n) is 10.0. The molecule has 0 aliphatic rings. The van der Waals surface area contributed by atoms with Crippen molar-refractivity contribution >= 4 is 41.2 Å². The summed E-state index contributed by atoms with van der Waals surface area (Å²) in [6.45, 7) is 6.25. The lowest BCUT2D eigenvalue weighted by molar-refractivity contribution is 0.259. The second kappa shape index (κ2) is 9.53. The summed E-state index contributed by atoms with van der Waals surface area (Å²) in [6.07, 6.45) is 0. The van der Waals surface area contributed by atoms with E-state index < -0.39 is 25.7 Å². The van der Waals surface area contributed by atoms with E-state index in [-0.39, 0.29) is 0 Å². The van der Waals surface area contributed by atoms with Gasteiger partial charge in [0.25, 0.3) is 0 Å². The van der Waals surface area contributed by atoms with Crippen LogP contribution in [0.4, 0.5) is 0 Å². The van der Waals surface area contributed by atoms with Gasteiger partial charge in [-0.1, -0.05) is 91.0 Å². The topological polar surface area (TPSA) is 36.9 Å². The summed E-state index contributed by atoms with van der Waals surface area (Å²) in [7, 11) is -4.94. The number of benzene rings is 3. The fourth-order valence-corrected chi connectivity index (χ4v) is 15.4. The van der Waals surface area contributed by atoms with Crippen LogP contribution in [0.25, 0.3) is 0 Å². The van der Waals surface area contributed by atoms with Gasteiger partial charge in [-0.2, -0.15) is 0 Å². The van der Waals surface area contributed by atoms with Crippen LogP contribution in [0, 0.1) is 0 Å². The molecule has 0 spiro atoms. The molecule has 0 heterocycles. The average molecular weight is 455 g/mol. The summed E-state index contributed by atoms with van der Waals surface area (Å²) in [6, 6.07) is 30.6. The maximum atomic E-state index is 6.95. The highest BCUT2D eigenvalue weighted by Crippen LogP contribution is 2.22. The first-order chi connectivity index (χ1) is 14.4. The van der Waals surface area contributed by atoms with E-state index in [1.165, 1.54) is 0 Å². The fraction of sp³-hybridized carbons (Fsp3) is 0.217. The Bertz CT molecular complexity index is 871. The van der Waals surface area contributed by atoms with Gasteiger partial charge in [0.1, 0.15) is 0 Å². The predicted molar refractivity (Wildman–Crippen MR) is 129 cm³/mol. The molecule has 7 heteroatoms. The first-order valence-corrected chi connectivity index (χ1v) is 17.0. The first kappa shape index (κ1) is 22.8. The summed E-state index contributed by atoms with van der Waals surface area (Å²) in [5.74, 6) is 0. The highest BCUT2D eigenvalue weighted by Gasteiger charge is 2.50. The third-order valence-corrected chi connectivity index (χ3v) is 17.4. The minimum atomic E-state index is -2.93. The molecular weight excluding hydrogens is 425 g/mol. The highest BCUT2D eigenvalue weighted by atomic mass is 28.5. The molecule has 0 amide bonds. The average Bonchev–Trinajstić information content (AvgIpc) is 2.80. The van der Waals surface area contributed by atoms with E-state index in [2.05, 4.69) is 56.0 Å². The predicted octanol–water partition coefficient (Wildman–Crippen LogP) is 3.25. The smallest absolute Gasteiger partial charge is 0.360 e. The third kappa shape index (κ3) is 4.89. The fourth-order valence-electron chi connectivity index (χ4n) is 3.54. The maximum absolute atomic E-state index is 6.95. The monoisotopic (exact) mass is 454 g/mol. The van der Waals surface area contributed by atoms with Gasteiger partial charge in [0.05, 0.1) is 0 Å². The SMILES string of the molecule is CO[Si](C)(O[Si](C)(O[Si](C)(OC)c1ccccc1)c1ccccc1)c1ccccc1. The Morgan fingerprint density at radius 3 is 0.967 bits per heavy atom. The molecule has 0 aliphatic carbocycles. The summed E-state index contributed by atoms with van der Waals surface area (Å²) >= 11 is 0. The van der Waals surface area contributed by atoms with Gasteiger partial charge in [-0.25, -0.2) is 0 Å². The van der Waals surface area contributed by atoms with Crippen molar-refractivity contribution in [3.05, 3.63) is 91.0 Å². The van der Waals surface area contributed by atoms with Crippen molar-refractivity contribution in [1.29, 1.82) is 0 Å². The van der Waals surface area contributed by atoms with Crippen LogP contribution in [0.3, 0.4) is 0 Å². The molecule has 0 saturated carbocycles. The number of rotatable bonds is 9. The van der Waals surface area contributed by atoms with Crippen LogP contribution in [-0.4, -0.2) is 39.9 Å². The summed E-state index contributed by atoms with van der Waals surface area (Å²) in [5, 5.41) is 3.21. The van der Waals surface area contributed by atoms with Gasteiger partial charge in [0, 0.05) is 14.2 Å². The second-order valence-electron chi connectivity index (χ2n) is 7.55. The van der Waals surface area contributed by atoms with Crippen molar-refractivity contribution in [2.24, 2.45) is 0 Å². The van der Waals surface area contributed by atoms with Crippen LogP contribution in [0.1, 0.15) is 0 Å². The molecule has 0 bridgehead atoms. The molecule has 0 fully saturated rings. The minimum Gasteiger partial charge on any atom is -0.408 e. The van der Waals surface area contributed by atoms with Gasteiger partial charge >= 0.3 is 25.7 Å². The lowest BCUT2D eigenvalue weighted by Crippen LogP contribution is -2.68. The van der Waals surface area contributed by atoms with E-state index in [0.29, 0.717) is 0 Å². The zero-order chi connectivity index (χ0) is 21.7. The molecule has 0 saturated heterocycles. The second-order valence-corrected chi connectivity index (χ2v) is 17.4. The van der Waals surface area contributed by atoms with E-state index in [1.807, 2.05) is 54.6 Å². The van der Waals surface area contributed by atoms with Crippen LogP contribution >= 0.6 is 0 Å². The van der Waals surface area contributed by atoms with Gasteiger partial charge in [-0.15, -0.1) is 0 Å². The summed E-state index contributed by atoms with van der Waals surface area (Å²) in [5.41, 5.74) is 0. The lowest BCUT2D eigenvalue weighted by atomic mass is 10.4. The Balaban J connectivity index is 2.06. The Morgan fingerprint density at radius 1 is 0.433 bits per heavy atom. The molecular formula is C23H30O4Si3. The molecule has 30 heavy (non-hydrogen) atoms. The summed E-state index contributed by atoms with van der Waals surface area (Å²) < 4.78 is 26.0. The Kier molecular flexibility index (Phi) is 7.25. The van der Waals surface area contributed by atoms with Gasteiger partial charge < -0.3 is 17.1 Å². The molecule has 3 aromatic carbocycles. The maximum Gasteiger partial charge on any atom is 0.360 e. The normalized spacial score (nSPS) is 17.5. The minimum absolute atomic E-state index is 1.06. The number of hydrogen-bond acceptors (Lipinski definition) is 4. The standard InChI is InChI=1S/C23H30O4Si3/c1-24-28(3,21-15-9-6-10-16-21)26-30(5,23-19-13-8-14-20-23)27-29(4,25-2)22-17-11-7-12-18-22/h6-20H,1-5H3. The Morgan fingerprint density at radius 2 is 0.700 bits per heavy atom. The van der Waals surface area contributed by atoms with Crippen molar-refractivity contribution in [3.8, 4) is 0 Å². The molecule has 4 nitrogen and oxygen atoms in total. The van der Waals surface area contributed by atoms with E-state index in [9.17, 15) is 0 Å². The molecule has 2 unspecified atom stereocenters. The quantitative estimate of drug-likeness (QED) is 0.465. The van der Waals surface area contributed by atoms with Crippen molar-refractivity contribution in [1.82, 2.24) is 0 Å². The van der Waals surface area contributed by atoms with Gasteiger partial charge in [-0.05, 0) is 35.2 Å². The third-order valence-electron chi connectivity index (χ3n) is 5.45. The van der Waals surface area contributed by atoms with E-state index in [0.717, 1.165) is 15.6 Å². The highest BCUT2D eigenvalue weighted by molar-refractivity contribution is 6.97. The zero-order valence-electron chi connectivity index (χ0n) is 18.3. The molecule has 3 aromatic rings. The van der Waals surface area contributed by atoms with Gasteiger partial charge in [0.2, 0.25) is 0 Å². The molecule has 3 rings (SSSR count). The van der Waals surface area contributed by atoms with Crippen LogP contribution < -0.4 is 15.6 Å². The molecule has 2 atom stereocenters. The van der Waals surface area contributed by atoms with Crippen molar-refractivity contribution in [2.45, 2.75) is 19.6 Å². The van der Waals surface area contributed by atoms with Crippen LogP contribution in [0.15, 0.2) is 91.0 Å². The molecule has 0 aliphatic heterocycles. The molecule has 158 valence electrons. The molecule has 0 radical (unpaired) electrons. The van der Waals surface area contributed by atoms with Crippen LogP contribution in [0.2, 0.25) is 19.6 Å². The molecule has 0 N–H and O–H groups in total. The van der Waals surface area contributed by atoms with Gasteiger partial charge in [-0.3, -0.25) is 0 Å². The van der Waals surface area contributed by atoms with E-state index in [4.69, 9.17) is 17.1 Å². The molecule has 0 aromatic heterocycles. The van der Waals surface area contributed by atoms with Crippen molar-refractivity contribution in [2.75, 3.05) is 14.2 Å².